The lowest BCUT2D eigenvalue weighted by Crippen LogP contribution is -2.49. The van der Waals surface area contributed by atoms with E-state index in [9.17, 15) is 27.9 Å². The maximum Gasteiger partial charge on any atom is 0.471 e. The van der Waals surface area contributed by atoms with Gasteiger partial charge in [0.25, 0.3) is 0 Å². The number of carbonyl (C=O) groups is 2. The van der Waals surface area contributed by atoms with Crippen LogP contribution in [0.2, 0.25) is 0 Å². The Labute approximate surface area is 215 Å². The van der Waals surface area contributed by atoms with E-state index in [-0.39, 0.29) is 30.3 Å². The van der Waals surface area contributed by atoms with E-state index in [0.717, 1.165) is 18.4 Å². The number of aromatic nitrogens is 1. The zero-order valence-electron chi connectivity index (χ0n) is 20.7. The smallest absolute Gasteiger partial charge is 0.471 e. The Hall–Kier alpha value is -3.12. The summed E-state index contributed by atoms with van der Waals surface area (Å²) in [6.07, 6.45) is 0.299. The number of benzene rings is 1. The van der Waals surface area contributed by atoms with Crippen LogP contribution in [-0.4, -0.2) is 78.7 Å². The quantitative estimate of drug-likeness (QED) is 0.444. The van der Waals surface area contributed by atoms with E-state index in [1.54, 1.807) is 39.3 Å². The standard InChI is InChI=1S/C25H31BF3N4O4/c1-37-26-32-15-9-19(10-16-32)11-17-33(24(36)25(27,28)29)22(20-2-4-21(34)5-3-20)23(35)31-14-8-18-6-12-30-13-7-18/h2-7,12-13,19,22,34H,8-11,14-17H2,1H3,(H,31,35). The summed E-state index contributed by atoms with van der Waals surface area (Å²) in [5.74, 6) is -2.80. The lowest BCUT2D eigenvalue weighted by Gasteiger charge is -2.35. The second-order valence-corrected chi connectivity index (χ2v) is 9.00. The number of carbonyl (C=O) groups excluding carboxylic acids is 2. The number of halogens is 3. The first-order valence-corrected chi connectivity index (χ1v) is 12.1. The fraction of sp³-hybridized carbons (Fsp3) is 0.480. The molecule has 1 aromatic carbocycles. The van der Waals surface area contributed by atoms with Crippen molar-refractivity contribution in [2.75, 3.05) is 33.3 Å². The number of hydrogen-bond acceptors (Lipinski definition) is 6. The molecule has 2 N–H and O–H groups in total. The minimum Gasteiger partial charge on any atom is -0.508 e. The van der Waals surface area contributed by atoms with Gasteiger partial charge in [-0.15, -0.1) is 0 Å². The molecule has 0 spiro atoms. The van der Waals surface area contributed by atoms with Gasteiger partial charge in [0.05, 0.1) is 0 Å². The Morgan fingerprint density at radius 2 is 1.84 bits per heavy atom. The highest BCUT2D eigenvalue weighted by Crippen LogP contribution is 2.30. The van der Waals surface area contributed by atoms with Crippen LogP contribution >= 0.6 is 0 Å². The van der Waals surface area contributed by atoms with Gasteiger partial charge >= 0.3 is 19.7 Å². The number of rotatable bonds is 11. The number of phenolic OH excluding ortho intramolecular Hbond substituents is 1. The summed E-state index contributed by atoms with van der Waals surface area (Å²) in [6, 6.07) is 7.33. The van der Waals surface area contributed by atoms with Crippen molar-refractivity contribution in [2.45, 2.75) is 37.9 Å². The number of hydrogen-bond donors (Lipinski definition) is 2. The van der Waals surface area contributed by atoms with Crippen LogP contribution in [0.5, 0.6) is 5.75 Å². The van der Waals surface area contributed by atoms with E-state index < -0.39 is 24.0 Å². The van der Waals surface area contributed by atoms with Gasteiger partial charge in [0.2, 0.25) is 5.91 Å². The average molecular weight is 519 g/mol. The highest BCUT2D eigenvalue weighted by molar-refractivity contribution is 6.23. The van der Waals surface area contributed by atoms with Crippen molar-refractivity contribution in [3.8, 4) is 5.75 Å². The number of nitrogens with one attached hydrogen (secondary N) is 1. The Morgan fingerprint density at radius 3 is 2.43 bits per heavy atom. The summed E-state index contributed by atoms with van der Waals surface area (Å²) in [7, 11) is 3.17. The zero-order valence-corrected chi connectivity index (χ0v) is 20.7. The van der Waals surface area contributed by atoms with Crippen LogP contribution in [-0.2, 0) is 20.7 Å². The molecule has 2 amide bonds. The lowest BCUT2D eigenvalue weighted by molar-refractivity contribution is -0.189. The van der Waals surface area contributed by atoms with Crippen LogP contribution in [0.25, 0.3) is 0 Å². The second-order valence-electron chi connectivity index (χ2n) is 9.00. The van der Waals surface area contributed by atoms with Gasteiger partial charge in [-0.25, -0.2) is 0 Å². The molecule has 1 fully saturated rings. The molecule has 12 heteroatoms. The van der Waals surface area contributed by atoms with E-state index in [2.05, 4.69) is 10.3 Å². The third kappa shape index (κ3) is 8.46. The highest BCUT2D eigenvalue weighted by Gasteiger charge is 2.46. The number of alkyl halides is 3. The van der Waals surface area contributed by atoms with Gasteiger partial charge in [-0.05, 0) is 80.1 Å². The second kappa shape index (κ2) is 13.4. The van der Waals surface area contributed by atoms with Crippen molar-refractivity contribution >= 4 is 19.4 Å². The maximum atomic E-state index is 13.7. The summed E-state index contributed by atoms with van der Waals surface area (Å²) < 4.78 is 46.1. The first kappa shape index (κ1) is 28.5. The molecular formula is C25H31BF3N4O4. The Bertz CT molecular complexity index is 1000. The molecule has 1 aliphatic rings. The summed E-state index contributed by atoms with van der Waals surface area (Å²) in [5, 5.41) is 12.4. The van der Waals surface area contributed by atoms with Crippen LogP contribution < -0.4 is 5.32 Å². The molecule has 8 nitrogen and oxygen atoms in total. The van der Waals surface area contributed by atoms with Crippen molar-refractivity contribution in [1.29, 1.82) is 0 Å². The molecule has 0 bridgehead atoms. The Balaban J connectivity index is 1.78. The molecule has 199 valence electrons. The van der Waals surface area contributed by atoms with Gasteiger partial charge in [0.15, 0.2) is 0 Å². The number of pyridine rings is 1. The average Bonchev–Trinajstić information content (AvgIpc) is 2.88. The normalized spacial score (nSPS) is 15.7. The molecule has 1 unspecified atom stereocenters. The summed E-state index contributed by atoms with van der Waals surface area (Å²) in [4.78, 5) is 32.4. The molecule has 1 aromatic heterocycles. The maximum absolute atomic E-state index is 13.7. The molecular weight excluding hydrogens is 488 g/mol. The highest BCUT2D eigenvalue weighted by atomic mass is 19.4. The number of nitrogens with zero attached hydrogens (tertiary/aromatic N) is 3. The fourth-order valence-corrected chi connectivity index (χ4v) is 4.43. The third-order valence-electron chi connectivity index (χ3n) is 6.42. The third-order valence-corrected chi connectivity index (χ3v) is 6.42. The largest absolute Gasteiger partial charge is 0.508 e. The molecule has 0 aliphatic carbocycles. The van der Waals surface area contributed by atoms with Crippen LogP contribution in [0, 0.1) is 5.92 Å². The number of amides is 2. The van der Waals surface area contributed by atoms with E-state index >= 15 is 0 Å². The monoisotopic (exact) mass is 519 g/mol. The van der Waals surface area contributed by atoms with Crippen LogP contribution in [0.15, 0.2) is 48.8 Å². The Morgan fingerprint density at radius 1 is 1.19 bits per heavy atom. The molecule has 1 aliphatic heterocycles. The SMILES string of the molecule is CO[B]N1CCC(CCN(C(=O)C(F)(F)F)C(C(=O)NCCc2ccncc2)c2ccc(O)cc2)CC1. The van der Waals surface area contributed by atoms with E-state index in [0.29, 0.717) is 30.8 Å². The van der Waals surface area contributed by atoms with Crippen LogP contribution in [0.4, 0.5) is 13.2 Å². The number of phenols is 1. The Kier molecular flexibility index (Phi) is 10.3. The first-order chi connectivity index (χ1) is 17.7. The van der Waals surface area contributed by atoms with Gasteiger partial charge < -0.3 is 24.8 Å². The molecule has 37 heavy (non-hydrogen) atoms. The fourth-order valence-electron chi connectivity index (χ4n) is 4.43. The van der Waals surface area contributed by atoms with E-state index in [1.807, 2.05) is 4.81 Å². The molecule has 2 aromatic rings. The number of aromatic hydroxyl groups is 1. The van der Waals surface area contributed by atoms with Gasteiger partial charge in [-0.2, -0.15) is 13.2 Å². The van der Waals surface area contributed by atoms with Gasteiger partial charge in [-0.1, -0.05) is 12.1 Å². The first-order valence-electron chi connectivity index (χ1n) is 12.1. The van der Waals surface area contributed by atoms with Crippen molar-refractivity contribution in [2.24, 2.45) is 5.92 Å². The minimum atomic E-state index is -5.15. The molecule has 2 heterocycles. The predicted octanol–water partition coefficient (Wildman–Crippen LogP) is 2.86. The van der Waals surface area contributed by atoms with Gasteiger partial charge in [0.1, 0.15) is 11.8 Å². The summed E-state index contributed by atoms with van der Waals surface area (Å²) >= 11 is 0. The van der Waals surface area contributed by atoms with Crippen LogP contribution in [0.1, 0.15) is 36.4 Å². The van der Waals surface area contributed by atoms with Gasteiger partial charge in [-0.3, -0.25) is 14.6 Å². The lowest BCUT2D eigenvalue weighted by atomic mass is 9.90. The molecule has 0 saturated carbocycles. The van der Waals surface area contributed by atoms with E-state index in [1.165, 1.54) is 24.3 Å². The number of piperidine rings is 1. The predicted molar refractivity (Wildman–Crippen MR) is 131 cm³/mol. The van der Waals surface area contributed by atoms with Crippen molar-refractivity contribution < 1.29 is 32.5 Å². The topological polar surface area (TPSA) is 95.0 Å². The van der Waals surface area contributed by atoms with Crippen molar-refractivity contribution in [3.05, 3.63) is 59.9 Å². The molecule has 3 rings (SSSR count). The molecule has 1 radical (unpaired) electrons. The zero-order chi connectivity index (χ0) is 26.8. The molecule has 1 saturated heterocycles. The van der Waals surface area contributed by atoms with Gasteiger partial charge in [0, 0.05) is 32.6 Å². The van der Waals surface area contributed by atoms with E-state index in [4.69, 9.17) is 4.65 Å². The molecule has 1 atom stereocenters. The van der Waals surface area contributed by atoms with Crippen LogP contribution in [0.3, 0.4) is 0 Å². The van der Waals surface area contributed by atoms with Crippen molar-refractivity contribution in [1.82, 2.24) is 20.0 Å². The minimum absolute atomic E-state index is 0.0975. The van der Waals surface area contributed by atoms with Crippen molar-refractivity contribution in [3.63, 3.8) is 0 Å². The summed E-state index contributed by atoms with van der Waals surface area (Å²) in [6.45, 7) is 1.32. The summed E-state index contributed by atoms with van der Waals surface area (Å²) in [5.41, 5.74) is 1.08.